The van der Waals surface area contributed by atoms with Crippen LogP contribution in [0.2, 0.25) is 0 Å². The van der Waals surface area contributed by atoms with Crippen LogP contribution in [0.5, 0.6) is 5.75 Å². The number of carbonyl (C=O) groups excluding carboxylic acids is 1. The van der Waals surface area contributed by atoms with Crippen LogP contribution in [-0.2, 0) is 9.47 Å². The third-order valence-corrected chi connectivity index (χ3v) is 3.84. The van der Waals surface area contributed by atoms with E-state index < -0.39 is 0 Å². The molecule has 144 valence electrons. The van der Waals surface area contributed by atoms with Crippen molar-refractivity contribution in [2.75, 3.05) is 26.9 Å². The van der Waals surface area contributed by atoms with Crippen LogP contribution in [0.3, 0.4) is 0 Å². The molecule has 0 unspecified atom stereocenters. The first-order valence-corrected chi connectivity index (χ1v) is 8.92. The van der Waals surface area contributed by atoms with Crippen molar-refractivity contribution in [2.45, 2.75) is 19.9 Å². The van der Waals surface area contributed by atoms with Crippen molar-refractivity contribution < 1.29 is 19.0 Å². The highest BCUT2D eigenvalue weighted by molar-refractivity contribution is 6.04. The van der Waals surface area contributed by atoms with Crippen molar-refractivity contribution in [3.8, 4) is 5.75 Å². The van der Waals surface area contributed by atoms with Crippen LogP contribution in [0.1, 0.15) is 35.8 Å². The van der Waals surface area contributed by atoms with Gasteiger partial charge in [0.25, 0.3) is 11.9 Å². The molecule has 0 heterocycles. The monoisotopic (exact) mass is 370 g/mol. The lowest BCUT2D eigenvalue weighted by molar-refractivity contribution is 0.0921. The van der Waals surface area contributed by atoms with Crippen molar-refractivity contribution in [3.05, 3.63) is 65.7 Å². The fourth-order valence-electron chi connectivity index (χ4n) is 2.34. The standard InChI is InChI=1S/C21H26N2O4/c1-4-26-14-15-27-21(22-16(2)17-8-6-5-7-9-17)23-20(24)18-10-12-19(25-3)13-11-18/h5-13,16H,4,14-15H2,1-3H3,(H,22,23,24)/t16-/m1/s1. The topological polar surface area (TPSA) is 69.2 Å². The maximum absolute atomic E-state index is 12.5. The summed E-state index contributed by atoms with van der Waals surface area (Å²) < 4.78 is 16.0. The van der Waals surface area contributed by atoms with Gasteiger partial charge in [0.15, 0.2) is 0 Å². The van der Waals surface area contributed by atoms with E-state index in [1.54, 1.807) is 31.4 Å². The minimum Gasteiger partial charge on any atom is -0.497 e. The van der Waals surface area contributed by atoms with Gasteiger partial charge in [0.05, 0.1) is 19.8 Å². The second-order valence-electron chi connectivity index (χ2n) is 5.75. The molecular formula is C21H26N2O4. The fourth-order valence-corrected chi connectivity index (χ4v) is 2.34. The molecule has 0 saturated heterocycles. The Balaban J connectivity index is 2.10. The van der Waals surface area contributed by atoms with Crippen molar-refractivity contribution in [3.63, 3.8) is 0 Å². The lowest BCUT2D eigenvalue weighted by Crippen LogP contribution is -2.33. The highest BCUT2D eigenvalue weighted by Gasteiger charge is 2.13. The van der Waals surface area contributed by atoms with E-state index in [0.717, 1.165) is 5.56 Å². The van der Waals surface area contributed by atoms with Crippen LogP contribution >= 0.6 is 0 Å². The van der Waals surface area contributed by atoms with Gasteiger partial charge < -0.3 is 14.2 Å². The Bertz CT molecular complexity index is 730. The summed E-state index contributed by atoms with van der Waals surface area (Å²) in [6.07, 6.45) is 0. The van der Waals surface area contributed by atoms with Gasteiger partial charge in [-0.1, -0.05) is 30.3 Å². The molecule has 2 aromatic carbocycles. The van der Waals surface area contributed by atoms with Crippen LogP contribution < -0.4 is 10.1 Å². The Labute approximate surface area is 160 Å². The molecule has 0 aliphatic rings. The lowest BCUT2D eigenvalue weighted by Gasteiger charge is -2.14. The predicted molar refractivity (Wildman–Crippen MR) is 105 cm³/mol. The van der Waals surface area contributed by atoms with Crippen molar-refractivity contribution in [1.29, 1.82) is 0 Å². The molecule has 0 aliphatic heterocycles. The lowest BCUT2D eigenvalue weighted by atomic mass is 10.1. The van der Waals surface area contributed by atoms with Crippen LogP contribution in [0.15, 0.2) is 59.6 Å². The Morgan fingerprint density at radius 1 is 1.07 bits per heavy atom. The second kappa shape index (κ2) is 11.0. The number of aliphatic imine (C=N–C) groups is 1. The molecule has 2 rings (SSSR count). The van der Waals surface area contributed by atoms with Crippen LogP contribution in [-0.4, -0.2) is 38.9 Å². The van der Waals surface area contributed by atoms with Gasteiger partial charge in [0, 0.05) is 12.2 Å². The Hall–Kier alpha value is -2.86. The summed E-state index contributed by atoms with van der Waals surface area (Å²) in [6.45, 7) is 5.19. The van der Waals surface area contributed by atoms with Crippen LogP contribution in [0, 0.1) is 0 Å². The van der Waals surface area contributed by atoms with Crippen molar-refractivity contribution in [2.24, 2.45) is 4.99 Å². The van der Waals surface area contributed by atoms with Gasteiger partial charge in [0.1, 0.15) is 12.4 Å². The number of rotatable bonds is 8. The number of carbonyl (C=O) groups is 1. The number of nitrogens with zero attached hydrogens (tertiary/aromatic N) is 1. The van der Waals surface area contributed by atoms with E-state index in [1.807, 2.05) is 44.2 Å². The molecule has 0 aliphatic carbocycles. The molecule has 1 N–H and O–H groups in total. The number of benzene rings is 2. The predicted octanol–water partition coefficient (Wildman–Crippen LogP) is 3.60. The van der Waals surface area contributed by atoms with Gasteiger partial charge in [0.2, 0.25) is 0 Å². The Kier molecular flexibility index (Phi) is 8.32. The maximum atomic E-state index is 12.5. The SMILES string of the molecule is CCOCCOC(=N[C@H](C)c1ccccc1)NC(=O)c1ccc(OC)cc1. The molecule has 1 amide bonds. The van der Waals surface area contributed by atoms with Crippen LogP contribution in [0.25, 0.3) is 0 Å². The van der Waals surface area contributed by atoms with E-state index in [9.17, 15) is 4.79 Å². The molecule has 0 saturated carbocycles. The average molecular weight is 370 g/mol. The van der Waals surface area contributed by atoms with E-state index in [-0.39, 0.29) is 18.0 Å². The number of methoxy groups -OCH3 is 1. The smallest absolute Gasteiger partial charge is 0.292 e. The molecule has 27 heavy (non-hydrogen) atoms. The molecule has 0 spiro atoms. The molecular weight excluding hydrogens is 344 g/mol. The van der Waals surface area contributed by atoms with Crippen LogP contribution in [0.4, 0.5) is 0 Å². The van der Waals surface area contributed by atoms with Gasteiger partial charge >= 0.3 is 0 Å². The summed E-state index contributed by atoms with van der Waals surface area (Å²) in [7, 11) is 1.58. The molecule has 0 bridgehead atoms. The number of hydrogen-bond acceptors (Lipinski definition) is 5. The number of hydrogen-bond donors (Lipinski definition) is 1. The van der Waals surface area contributed by atoms with Gasteiger partial charge in [-0.15, -0.1) is 0 Å². The van der Waals surface area contributed by atoms with Crippen molar-refractivity contribution in [1.82, 2.24) is 5.32 Å². The number of amidine groups is 1. The third kappa shape index (κ3) is 6.75. The normalized spacial score (nSPS) is 12.3. The average Bonchev–Trinajstić information content (AvgIpc) is 2.71. The molecule has 6 heteroatoms. The van der Waals surface area contributed by atoms with E-state index >= 15 is 0 Å². The summed E-state index contributed by atoms with van der Waals surface area (Å²) >= 11 is 0. The third-order valence-electron chi connectivity index (χ3n) is 3.84. The van der Waals surface area contributed by atoms with Gasteiger partial charge in [-0.05, 0) is 43.7 Å². The van der Waals surface area contributed by atoms with E-state index in [2.05, 4.69) is 10.3 Å². The first kappa shape index (κ1) is 20.5. The van der Waals surface area contributed by atoms with Gasteiger partial charge in [-0.2, -0.15) is 0 Å². The molecule has 2 aromatic rings. The zero-order chi connectivity index (χ0) is 19.5. The summed E-state index contributed by atoms with van der Waals surface area (Å²) in [6, 6.07) is 16.7. The molecule has 0 radical (unpaired) electrons. The quantitative estimate of drug-likeness (QED) is 0.438. The first-order valence-electron chi connectivity index (χ1n) is 8.92. The van der Waals surface area contributed by atoms with Gasteiger partial charge in [-0.25, -0.2) is 4.99 Å². The number of amides is 1. The van der Waals surface area contributed by atoms with E-state index in [0.29, 0.717) is 31.1 Å². The maximum Gasteiger partial charge on any atom is 0.292 e. The summed E-state index contributed by atoms with van der Waals surface area (Å²) in [5.41, 5.74) is 1.52. The van der Waals surface area contributed by atoms with Crippen molar-refractivity contribution >= 4 is 11.9 Å². The first-order chi connectivity index (χ1) is 13.1. The second-order valence-corrected chi connectivity index (χ2v) is 5.75. The Morgan fingerprint density at radius 3 is 2.41 bits per heavy atom. The molecule has 0 fully saturated rings. The van der Waals surface area contributed by atoms with E-state index in [4.69, 9.17) is 14.2 Å². The minimum absolute atomic E-state index is 0.163. The summed E-state index contributed by atoms with van der Waals surface area (Å²) in [5.74, 6) is 0.388. The highest BCUT2D eigenvalue weighted by atomic mass is 16.5. The molecule has 0 aromatic heterocycles. The molecule has 6 nitrogen and oxygen atoms in total. The number of ether oxygens (including phenoxy) is 3. The minimum atomic E-state index is -0.298. The fraction of sp³-hybridized carbons (Fsp3) is 0.333. The summed E-state index contributed by atoms with van der Waals surface area (Å²) in [4.78, 5) is 17.0. The zero-order valence-electron chi connectivity index (χ0n) is 16.0. The largest absolute Gasteiger partial charge is 0.497 e. The number of nitrogens with one attached hydrogen (secondary N) is 1. The highest BCUT2D eigenvalue weighted by Crippen LogP contribution is 2.16. The van der Waals surface area contributed by atoms with E-state index in [1.165, 1.54) is 0 Å². The molecule has 1 atom stereocenters. The zero-order valence-corrected chi connectivity index (χ0v) is 16.0. The van der Waals surface area contributed by atoms with Gasteiger partial charge in [-0.3, -0.25) is 10.1 Å². The summed E-state index contributed by atoms with van der Waals surface area (Å²) in [5, 5.41) is 2.74. The Morgan fingerprint density at radius 2 is 1.78 bits per heavy atom.